The summed E-state index contributed by atoms with van der Waals surface area (Å²) in [5, 5.41) is 3.42. The second-order valence-corrected chi connectivity index (χ2v) is 3.85. The van der Waals surface area contributed by atoms with E-state index in [1.54, 1.807) is 12.5 Å². The van der Waals surface area contributed by atoms with E-state index < -0.39 is 0 Å². The number of nitrogens with one attached hydrogen (secondary N) is 1. The van der Waals surface area contributed by atoms with Crippen LogP contribution in [-0.4, -0.2) is 16.1 Å². The summed E-state index contributed by atoms with van der Waals surface area (Å²) in [6.45, 7) is 4.08. The molecule has 0 bridgehead atoms. The normalized spacial score (nSPS) is 12.8. The summed E-state index contributed by atoms with van der Waals surface area (Å²) in [6, 6.07) is 4.18. The van der Waals surface area contributed by atoms with Crippen molar-refractivity contribution in [3.05, 3.63) is 42.9 Å². The molecule has 0 saturated heterocycles. The molecule has 4 nitrogen and oxygen atoms in total. The smallest absolute Gasteiger partial charge is 0.120 e. The van der Waals surface area contributed by atoms with E-state index in [0.29, 0.717) is 0 Å². The topological polar surface area (TPSA) is 43.0 Å². The van der Waals surface area contributed by atoms with Gasteiger partial charge in [-0.2, -0.15) is 0 Å². The molecule has 0 spiro atoms. The molecule has 2 aromatic heterocycles. The van der Waals surface area contributed by atoms with Crippen LogP contribution in [0.5, 0.6) is 0 Å². The van der Waals surface area contributed by atoms with Crippen molar-refractivity contribution in [1.29, 1.82) is 0 Å². The monoisotopic (exact) mass is 219 g/mol. The summed E-state index contributed by atoms with van der Waals surface area (Å²) < 4.78 is 7.40. The number of hydrogen-bond acceptors (Lipinski definition) is 3. The predicted molar refractivity (Wildman–Crippen MR) is 62.0 cm³/mol. The summed E-state index contributed by atoms with van der Waals surface area (Å²) in [7, 11) is 0. The van der Waals surface area contributed by atoms with Crippen LogP contribution in [0.3, 0.4) is 0 Å². The third-order valence-electron chi connectivity index (χ3n) is 2.57. The Morgan fingerprint density at radius 1 is 1.56 bits per heavy atom. The van der Waals surface area contributed by atoms with Gasteiger partial charge in [0.2, 0.25) is 0 Å². The summed E-state index contributed by atoms with van der Waals surface area (Å²) in [5.74, 6) is 0.989. The highest BCUT2D eigenvalue weighted by Crippen LogP contribution is 2.11. The van der Waals surface area contributed by atoms with Gasteiger partial charge in [-0.15, -0.1) is 0 Å². The Balaban J connectivity index is 1.65. The van der Waals surface area contributed by atoms with Crippen LogP contribution in [0.15, 0.2) is 41.5 Å². The van der Waals surface area contributed by atoms with E-state index in [9.17, 15) is 0 Å². The number of aryl methyl sites for hydroxylation is 1. The standard InChI is InChI=1S/C12H17N3O/c1-11(12-4-2-9-16-12)14-5-3-7-15-8-6-13-10-15/h2,4,6,8-11,14H,3,5,7H2,1H3. The first-order valence-electron chi connectivity index (χ1n) is 5.59. The van der Waals surface area contributed by atoms with Crippen LogP contribution in [0, 0.1) is 0 Å². The van der Waals surface area contributed by atoms with E-state index in [2.05, 4.69) is 21.8 Å². The zero-order valence-corrected chi connectivity index (χ0v) is 9.47. The Kier molecular flexibility index (Phi) is 3.77. The van der Waals surface area contributed by atoms with E-state index in [0.717, 1.165) is 25.3 Å². The zero-order chi connectivity index (χ0) is 11.2. The van der Waals surface area contributed by atoms with E-state index in [1.165, 1.54) is 0 Å². The van der Waals surface area contributed by atoms with Gasteiger partial charge in [0.05, 0.1) is 18.6 Å². The Hall–Kier alpha value is -1.55. The fraction of sp³-hybridized carbons (Fsp3) is 0.417. The highest BCUT2D eigenvalue weighted by molar-refractivity contribution is 5.02. The molecular formula is C12H17N3O. The van der Waals surface area contributed by atoms with Crippen LogP contribution < -0.4 is 5.32 Å². The number of nitrogens with zero attached hydrogens (tertiary/aromatic N) is 2. The van der Waals surface area contributed by atoms with E-state index in [4.69, 9.17) is 4.42 Å². The van der Waals surface area contributed by atoms with Crippen molar-refractivity contribution in [1.82, 2.24) is 14.9 Å². The second-order valence-electron chi connectivity index (χ2n) is 3.85. The molecule has 0 saturated carbocycles. The molecule has 1 unspecified atom stereocenters. The van der Waals surface area contributed by atoms with Crippen molar-refractivity contribution in [3.8, 4) is 0 Å². The second kappa shape index (κ2) is 5.51. The maximum atomic E-state index is 5.32. The quantitative estimate of drug-likeness (QED) is 0.757. The van der Waals surface area contributed by atoms with Crippen molar-refractivity contribution in [3.63, 3.8) is 0 Å². The summed E-state index contributed by atoms with van der Waals surface area (Å²) in [5.41, 5.74) is 0. The molecule has 1 N–H and O–H groups in total. The fourth-order valence-corrected chi connectivity index (χ4v) is 1.64. The van der Waals surface area contributed by atoms with Gasteiger partial charge in [0.25, 0.3) is 0 Å². The largest absolute Gasteiger partial charge is 0.468 e. The van der Waals surface area contributed by atoms with Gasteiger partial charge in [0, 0.05) is 18.9 Å². The Morgan fingerprint density at radius 2 is 2.50 bits per heavy atom. The molecule has 2 aromatic rings. The van der Waals surface area contributed by atoms with Crippen molar-refractivity contribution in [2.24, 2.45) is 0 Å². The van der Waals surface area contributed by atoms with Gasteiger partial charge in [-0.1, -0.05) is 0 Å². The summed E-state index contributed by atoms with van der Waals surface area (Å²) in [4.78, 5) is 4.00. The number of furan rings is 1. The van der Waals surface area contributed by atoms with Gasteiger partial charge in [-0.25, -0.2) is 4.98 Å². The van der Waals surface area contributed by atoms with Gasteiger partial charge < -0.3 is 14.3 Å². The molecule has 1 atom stereocenters. The molecular weight excluding hydrogens is 202 g/mol. The molecule has 0 aliphatic carbocycles. The lowest BCUT2D eigenvalue weighted by Crippen LogP contribution is -2.20. The molecule has 0 amide bonds. The van der Waals surface area contributed by atoms with Crippen molar-refractivity contribution < 1.29 is 4.42 Å². The van der Waals surface area contributed by atoms with Gasteiger partial charge in [-0.3, -0.25) is 0 Å². The molecule has 4 heteroatoms. The summed E-state index contributed by atoms with van der Waals surface area (Å²) >= 11 is 0. The first-order valence-corrected chi connectivity index (χ1v) is 5.59. The zero-order valence-electron chi connectivity index (χ0n) is 9.47. The van der Waals surface area contributed by atoms with Crippen LogP contribution in [0.25, 0.3) is 0 Å². The minimum atomic E-state index is 0.276. The maximum absolute atomic E-state index is 5.32. The minimum absolute atomic E-state index is 0.276. The predicted octanol–water partition coefficient (Wildman–Crippen LogP) is 2.22. The lowest BCUT2D eigenvalue weighted by Gasteiger charge is -2.11. The third kappa shape index (κ3) is 2.97. The Bertz CT molecular complexity index is 380. The van der Waals surface area contributed by atoms with Gasteiger partial charge in [-0.05, 0) is 32.0 Å². The van der Waals surface area contributed by atoms with Gasteiger partial charge in [0.15, 0.2) is 0 Å². The van der Waals surface area contributed by atoms with E-state index in [1.807, 2.05) is 24.7 Å². The lowest BCUT2D eigenvalue weighted by atomic mass is 10.2. The van der Waals surface area contributed by atoms with E-state index >= 15 is 0 Å². The van der Waals surface area contributed by atoms with Crippen molar-refractivity contribution >= 4 is 0 Å². The molecule has 0 aliphatic rings. The van der Waals surface area contributed by atoms with Crippen LogP contribution >= 0.6 is 0 Å². The first kappa shape index (κ1) is 11.0. The molecule has 0 aromatic carbocycles. The molecule has 2 heterocycles. The molecule has 0 aliphatic heterocycles. The average molecular weight is 219 g/mol. The number of hydrogen-bond donors (Lipinski definition) is 1. The lowest BCUT2D eigenvalue weighted by molar-refractivity contribution is 0.424. The Labute approximate surface area is 95.3 Å². The van der Waals surface area contributed by atoms with Crippen LogP contribution in [0.1, 0.15) is 25.1 Å². The van der Waals surface area contributed by atoms with Crippen molar-refractivity contribution in [2.75, 3.05) is 6.54 Å². The van der Waals surface area contributed by atoms with E-state index in [-0.39, 0.29) is 6.04 Å². The Morgan fingerprint density at radius 3 is 3.19 bits per heavy atom. The first-order chi connectivity index (χ1) is 7.86. The van der Waals surface area contributed by atoms with Crippen LogP contribution in [0.4, 0.5) is 0 Å². The van der Waals surface area contributed by atoms with Crippen LogP contribution in [0.2, 0.25) is 0 Å². The number of aromatic nitrogens is 2. The molecule has 0 fully saturated rings. The number of imidazole rings is 1. The fourth-order valence-electron chi connectivity index (χ4n) is 1.64. The summed E-state index contributed by atoms with van der Waals surface area (Å²) in [6.07, 6.45) is 8.42. The SMILES string of the molecule is CC(NCCCn1ccnc1)c1ccco1. The highest BCUT2D eigenvalue weighted by Gasteiger charge is 2.05. The molecule has 16 heavy (non-hydrogen) atoms. The molecule has 0 radical (unpaired) electrons. The molecule has 86 valence electrons. The van der Waals surface area contributed by atoms with Crippen molar-refractivity contribution in [2.45, 2.75) is 25.9 Å². The maximum Gasteiger partial charge on any atom is 0.120 e. The highest BCUT2D eigenvalue weighted by atomic mass is 16.3. The minimum Gasteiger partial charge on any atom is -0.468 e. The third-order valence-corrected chi connectivity index (χ3v) is 2.57. The van der Waals surface area contributed by atoms with Gasteiger partial charge in [0.1, 0.15) is 5.76 Å². The van der Waals surface area contributed by atoms with Crippen LogP contribution in [-0.2, 0) is 6.54 Å². The van der Waals surface area contributed by atoms with Gasteiger partial charge >= 0.3 is 0 Å². The molecule has 2 rings (SSSR count). The average Bonchev–Trinajstić information content (AvgIpc) is 2.96. The number of rotatable bonds is 6.